The SMILES string of the molecule is Cc1ccc(CN2CCOC3(CCCN(c4cccc(F)c4)C3)C2)s1.O=C(O)C(F)(F)F.O=C(O)C(F)(F)F. The van der Waals surface area contributed by atoms with E-state index in [1.54, 1.807) is 12.1 Å². The Morgan fingerprint density at radius 1 is 1.00 bits per heavy atom. The Bertz CT molecular complexity index is 1080. The maximum absolute atomic E-state index is 13.6. The largest absolute Gasteiger partial charge is 0.490 e. The van der Waals surface area contributed by atoms with E-state index in [-0.39, 0.29) is 11.4 Å². The lowest BCUT2D eigenvalue weighted by atomic mass is 9.90. The van der Waals surface area contributed by atoms with Gasteiger partial charge in [-0.1, -0.05) is 6.07 Å². The van der Waals surface area contributed by atoms with E-state index in [0.717, 1.165) is 57.9 Å². The first kappa shape index (κ1) is 32.3. The molecule has 7 nitrogen and oxygen atoms in total. The molecule has 218 valence electrons. The monoisotopic (exact) mass is 588 g/mol. The van der Waals surface area contributed by atoms with Crippen molar-refractivity contribution >= 4 is 29.0 Å². The number of carbonyl (C=O) groups is 2. The maximum atomic E-state index is 13.6. The van der Waals surface area contributed by atoms with Crippen LogP contribution in [0.1, 0.15) is 22.6 Å². The highest BCUT2D eigenvalue weighted by Gasteiger charge is 2.41. The molecule has 0 bridgehead atoms. The molecule has 0 amide bonds. The Labute approximate surface area is 223 Å². The van der Waals surface area contributed by atoms with Gasteiger partial charge in [-0.15, -0.1) is 11.3 Å². The lowest BCUT2D eigenvalue weighted by molar-refractivity contribution is -0.193. The number of alkyl halides is 6. The summed E-state index contributed by atoms with van der Waals surface area (Å²) in [5, 5.41) is 14.2. The summed E-state index contributed by atoms with van der Waals surface area (Å²) in [6, 6.07) is 11.4. The van der Waals surface area contributed by atoms with Gasteiger partial charge < -0.3 is 19.8 Å². The van der Waals surface area contributed by atoms with E-state index in [0.29, 0.717) is 0 Å². The van der Waals surface area contributed by atoms with E-state index in [9.17, 15) is 30.7 Å². The number of nitrogens with zero attached hydrogens (tertiary/aromatic N) is 2. The Morgan fingerprint density at radius 3 is 2.13 bits per heavy atom. The number of anilines is 1. The molecule has 15 heteroatoms. The highest BCUT2D eigenvalue weighted by molar-refractivity contribution is 7.11. The smallest absolute Gasteiger partial charge is 0.475 e. The summed E-state index contributed by atoms with van der Waals surface area (Å²) in [6.45, 7) is 7.70. The summed E-state index contributed by atoms with van der Waals surface area (Å²) >= 11 is 1.88. The molecular weight excluding hydrogens is 561 g/mol. The number of thiophene rings is 1. The summed E-state index contributed by atoms with van der Waals surface area (Å²) in [7, 11) is 0. The number of carboxylic acid groups (broad SMARTS) is 2. The fraction of sp³-hybridized carbons (Fsp3) is 0.500. The van der Waals surface area contributed by atoms with Crippen LogP contribution in [0.25, 0.3) is 0 Å². The molecule has 2 aromatic rings. The van der Waals surface area contributed by atoms with Gasteiger partial charge in [0.05, 0.1) is 12.2 Å². The topological polar surface area (TPSA) is 90.3 Å². The van der Waals surface area contributed by atoms with Crippen LogP contribution in [0.2, 0.25) is 0 Å². The van der Waals surface area contributed by atoms with Gasteiger partial charge in [0.15, 0.2) is 0 Å². The second kappa shape index (κ2) is 13.4. The minimum absolute atomic E-state index is 0.130. The molecule has 2 N–H and O–H groups in total. The van der Waals surface area contributed by atoms with Crippen LogP contribution >= 0.6 is 11.3 Å². The van der Waals surface area contributed by atoms with Crippen molar-refractivity contribution in [2.45, 2.75) is 44.3 Å². The van der Waals surface area contributed by atoms with Crippen molar-refractivity contribution in [1.29, 1.82) is 0 Å². The normalized spacial score (nSPS) is 19.9. The number of hydrogen-bond acceptors (Lipinski definition) is 6. The Morgan fingerprint density at radius 2 is 1.62 bits per heavy atom. The van der Waals surface area contributed by atoms with Gasteiger partial charge in [-0.3, -0.25) is 4.90 Å². The minimum Gasteiger partial charge on any atom is -0.475 e. The molecule has 1 aromatic carbocycles. The number of benzene rings is 1. The van der Waals surface area contributed by atoms with Crippen LogP contribution < -0.4 is 4.90 Å². The molecule has 2 aliphatic rings. The first-order valence-corrected chi connectivity index (χ1v) is 12.3. The van der Waals surface area contributed by atoms with Crippen molar-refractivity contribution in [3.63, 3.8) is 0 Å². The minimum atomic E-state index is -5.08. The third-order valence-corrected chi connectivity index (χ3v) is 6.69. The van der Waals surface area contributed by atoms with Crippen molar-refractivity contribution in [1.82, 2.24) is 4.90 Å². The van der Waals surface area contributed by atoms with Crippen molar-refractivity contribution in [3.05, 3.63) is 52.0 Å². The van der Waals surface area contributed by atoms with Crippen LogP contribution in [0.5, 0.6) is 0 Å². The van der Waals surface area contributed by atoms with E-state index in [1.165, 1.54) is 15.8 Å². The van der Waals surface area contributed by atoms with Gasteiger partial charge in [-0.25, -0.2) is 14.0 Å². The lowest BCUT2D eigenvalue weighted by Crippen LogP contribution is -2.59. The molecule has 0 radical (unpaired) electrons. The number of carboxylic acids is 2. The number of piperidine rings is 1. The molecule has 1 aromatic heterocycles. The lowest BCUT2D eigenvalue weighted by Gasteiger charge is -2.48. The highest BCUT2D eigenvalue weighted by atomic mass is 32.1. The van der Waals surface area contributed by atoms with Gasteiger partial charge in [0.1, 0.15) is 5.82 Å². The number of ether oxygens (including phenoxy) is 1. The van der Waals surface area contributed by atoms with Crippen LogP contribution in [-0.2, 0) is 20.9 Å². The standard InChI is InChI=1S/C20H25FN2OS.2C2HF3O2/c1-16-6-7-19(25-16)13-22-10-11-24-20(14-22)8-3-9-23(15-20)18-5-2-4-17(21)12-18;2*3-2(4,5)1(6)7/h2,4-7,12H,3,8-11,13-15H2,1H3;2*(H,6,7). The first-order valence-electron chi connectivity index (χ1n) is 11.5. The number of morpholine rings is 1. The zero-order valence-corrected chi connectivity index (χ0v) is 21.5. The summed E-state index contributed by atoms with van der Waals surface area (Å²) in [5.74, 6) is -5.68. The van der Waals surface area contributed by atoms with Gasteiger partial charge >= 0.3 is 24.3 Å². The van der Waals surface area contributed by atoms with E-state index < -0.39 is 24.3 Å². The summed E-state index contributed by atoms with van der Waals surface area (Å²) < 4.78 is 83.4. The molecule has 3 heterocycles. The quantitative estimate of drug-likeness (QED) is 0.469. The first-order chi connectivity index (χ1) is 18.0. The number of aliphatic carboxylic acids is 2. The molecular formula is C24H27F7N2O5S. The molecule has 2 aliphatic heterocycles. The van der Waals surface area contributed by atoms with Gasteiger partial charge in [0, 0.05) is 48.2 Å². The average Bonchev–Trinajstić information content (AvgIpc) is 3.23. The van der Waals surface area contributed by atoms with Crippen molar-refractivity contribution in [2.75, 3.05) is 37.7 Å². The third kappa shape index (κ3) is 10.6. The summed E-state index contributed by atoms with van der Waals surface area (Å²) in [6.07, 6.45) is -8.00. The van der Waals surface area contributed by atoms with E-state index in [2.05, 4.69) is 28.9 Å². The molecule has 0 aliphatic carbocycles. The highest BCUT2D eigenvalue weighted by Crippen LogP contribution is 2.32. The van der Waals surface area contributed by atoms with Gasteiger partial charge in [-0.2, -0.15) is 26.3 Å². The van der Waals surface area contributed by atoms with Crippen molar-refractivity contribution in [2.24, 2.45) is 0 Å². The molecule has 4 rings (SSSR count). The fourth-order valence-electron chi connectivity index (χ4n) is 4.09. The van der Waals surface area contributed by atoms with Crippen LogP contribution in [0.3, 0.4) is 0 Å². The van der Waals surface area contributed by atoms with Gasteiger partial charge in [0.25, 0.3) is 0 Å². The van der Waals surface area contributed by atoms with Crippen molar-refractivity contribution < 1.29 is 55.3 Å². The molecule has 1 spiro atoms. The van der Waals surface area contributed by atoms with E-state index in [4.69, 9.17) is 24.5 Å². The summed E-state index contributed by atoms with van der Waals surface area (Å²) in [4.78, 5) is 25.4. The van der Waals surface area contributed by atoms with E-state index in [1.807, 2.05) is 17.4 Å². The Hall–Kier alpha value is -2.91. The maximum Gasteiger partial charge on any atom is 0.490 e. The number of aryl methyl sites for hydroxylation is 1. The van der Waals surface area contributed by atoms with Crippen LogP contribution in [0, 0.1) is 12.7 Å². The van der Waals surface area contributed by atoms with Crippen LogP contribution in [0.4, 0.5) is 36.4 Å². The number of halogens is 7. The molecule has 0 saturated carbocycles. The molecule has 2 saturated heterocycles. The number of hydrogen-bond donors (Lipinski definition) is 2. The summed E-state index contributed by atoms with van der Waals surface area (Å²) in [5.41, 5.74) is 0.837. The fourth-order valence-corrected chi connectivity index (χ4v) is 5.02. The van der Waals surface area contributed by atoms with E-state index >= 15 is 0 Å². The second-order valence-corrected chi connectivity index (χ2v) is 10.2. The number of rotatable bonds is 3. The van der Waals surface area contributed by atoms with Gasteiger partial charge in [0.2, 0.25) is 0 Å². The molecule has 1 unspecified atom stereocenters. The average molecular weight is 589 g/mol. The van der Waals surface area contributed by atoms with Crippen LogP contribution in [0.15, 0.2) is 36.4 Å². The zero-order chi connectivity index (χ0) is 29.4. The van der Waals surface area contributed by atoms with Crippen molar-refractivity contribution in [3.8, 4) is 0 Å². The molecule has 39 heavy (non-hydrogen) atoms. The predicted molar refractivity (Wildman–Crippen MR) is 128 cm³/mol. The second-order valence-electron chi connectivity index (χ2n) is 8.87. The third-order valence-electron chi connectivity index (χ3n) is 5.70. The Balaban J connectivity index is 0.000000317. The molecule has 1 atom stereocenters. The van der Waals surface area contributed by atoms with Gasteiger partial charge in [-0.05, 0) is 50.1 Å². The predicted octanol–water partition coefficient (Wildman–Crippen LogP) is 5.33. The van der Waals surface area contributed by atoms with Crippen LogP contribution in [-0.4, -0.2) is 77.8 Å². The zero-order valence-electron chi connectivity index (χ0n) is 20.7. The Kier molecular flexibility index (Phi) is 11.1. The molecule has 2 fully saturated rings.